The summed E-state index contributed by atoms with van der Waals surface area (Å²) in [5.74, 6) is 1.16. The largest absolute Gasteiger partial charge is 0.497 e. The average Bonchev–Trinajstić information content (AvgIpc) is 2.38. The van der Waals surface area contributed by atoms with Gasteiger partial charge in [0.25, 0.3) is 0 Å². The van der Waals surface area contributed by atoms with Gasteiger partial charge in [0, 0.05) is 7.05 Å². The second-order valence-electron chi connectivity index (χ2n) is 4.22. The van der Waals surface area contributed by atoms with Crippen LogP contribution in [0.25, 0.3) is 0 Å². The van der Waals surface area contributed by atoms with Gasteiger partial charge in [-0.2, -0.15) is 0 Å². The predicted octanol–water partition coefficient (Wildman–Crippen LogP) is 1.51. The molecule has 1 aromatic rings. The van der Waals surface area contributed by atoms with Gasteiger partial charge >= 0.3 is 0 Å². The Morgan fingerprint density at radius 2 is 1.74 bits per heavy atom. The molecule has 0 aliphatic heterocycles. The Bertz CT molecular complexity index is 428. The van der Waals surface area contributed by atoms with Crippen LogP contribution in [0.2, 0.25) is 0 Å². The van der Waals surface area contributed by atoms with Gasteiger partial charge in [-0.1, -0.05) is 0 Å². The molecule has 19 heavy (non-hydrogen) atoms. The number of carbonyl (C=O) groups is 2. The third kappa shape index (κ3) is 5.42. The standard InChI is InChI=1S/C14H19NO4/c1-11(16)10-14(17)15(2)8-9-19-13-6-4-12(18-3)5-7-13/h4-7H,8-10H2,1-3H3. The maximum atomic E-state index is 11.5. The minimum Gasteiger partial charge on any atom is -0.497 e. The molecule has 0 unspecified atom stereocenters. The fourth-order valence-corrected chi connectivity index (χ4v) is 1.44. The number of likely N-dealkylation sites (N-methyl/N-ethyl adjacent to an activating group) is 1. The number of nitrogens with zero attached hydrogens (tertiary/aromatic N) is 1. The second-order valence-corrected chi connectivity index (χ2v) is 4.22. The van der Waals surface area contributed by atoms with Crippen molar-refractivity contribution in [3.05, 3.63) is 24.3 Å². The molecule has 0 bridgehead atoms. The Hall–Kier alpha value is -2.04. The number of carbonyl (C=O) groups excluding carboxylic acids is 2. The predicted molar refractivity (Wildman–Crippen MR) is 71.4 cm³/mol. The molecule has 0 heterocycles. The molecule has 1 amide bonds. The van der Waals surface area contributed by atoms with Crippen molar-refractivity contribution < 1.29 is 19.1 Å². The first-order valence-corrected chi connectivity index (χ1v) is 6.03. The van der Waals surface area contributed by atoms with E-state index in [0.29, 0.717) is 18.9 Å². The zero-order valence-corrected chi connectivity index (χ0v) is 11.5. The van der Waals surface area contributed by atoms with E-state index in [1.54, 1.807) is 38.4 Å². The van der Waals surface area contributed by atoms with E-state index in [4.69, 9.17) is 9.47 Å². The van der Waals surface area contributed by atoms with Gasteiger partial charge in [-0.05, 0) is 31.2 Å². The van der Waals surface area contributed by atoms with Crippen LogP contribution in [0.3, 0.4) is 0 Å². The van der Waals surface area contributed by atoms with Crippen LogP contribution in [-0.2, 0) is 9.59 Å². The summed E-state index contributed by atoms with van der Waals surface area (Å²) in [7, 11) is 3.26. The van der Waals surface area contributed by atoms with Gasteiger partial charge in [0.1, 0.15) is 23.9 Å². The highest BCUT2D eigenvalue weighted by molar-refractivity contribution is 5.96. The lowest BCUT2D eigenvalue weighted by atomic mass is 10.3. The molecule has 1 rings (SSSR count). The van der Waals surface area contributed by atoms with Crippen LogP contribution < -0.4 is 9.47 Å². The number of hydrogen-bond acceptors (Lipinski definition) is 4. The van der Waals surface area contributed by atoms with Gasteiger partial charge in [0.2, 0.25) is 5.91 Å². The Balaban J connectivity index is 2.32. The molecule has 0 aliphatic rings. The van der Waals surface area contributed by atoms with Crippen LogP contribution >= 0.6 is 0 Å². The molecule has 0 N–H and O–H groups in total. The van der Waals surface area contributed by atoms with E-state index >= 15 is 0 Å². The number of ether oxygens (including phenoxy) is 2. The molecule has 0 radical (unpaired) electrons. The second kappa shape index (κ2) is 7.41. The van der Waals surface area contributed by atoms with Gasteiger partial charge in [0.05, 0.1) is 20.1 Å². The van der Waals surface area contributed by atoms with Crippen molar-refractivity contribution in [3.8, 4) is 11.5 Å². The van der Waals surface area contributed by atoms with Gasteiger partial charge < -0.3 is 14.4 Å². The number of rotatable bonds is 7. The summed E-state index contributed by atoms with van der Waals surface area (Å²) in [5.41, 5.74) is 0. The lowest BCUT2D eigenvalue weighted by molar-refractivity contribution is -0.134. The molecule has 0 aliphatic carbocycles. The van der Waals surface area contributed by atoms with E-state index in [1.807, 2.05) is 0 Å². The molecule has 0 saturated heterocycles. The Labute approximate surface area is 113 Å². The van der Waals surface area contributed by atoms with Crippen molar-refractivity contribution in [1.82, 2.24) is 4.90 Å². The summed E-state index contributed by atoms with van der Waals surface area (Å²) in [4.78, 5) is 23.8. The lowest BCUT2D eigenvalue weighted by Gasteiger charge is -2.16. The van der Waals surface area contributed by atoms with Crippen LogP contribution in [-0.4, -0.2) is 43.9 Å². The topological polar surface area (TPSA) is 55.8 Å². The average molecular weight is 265 g/mol. The zero-order chi connectivity index (χ0) is 14.3. The number of amides is 1. The van der Waals surface area contributed by atoms with Crippen LogP contribution in [0.1, 0.15) is 13.3 Å². The van der Waals surface area contributed by atoms with Crippen molar-refractivity contribution in [2.45, 2.75) is 13.3 Å². The minimum absolute atomic E-state index is 0.0565. The van der Waals surface area contributed by atoms with Crippen molar-refractivity contribution >= 4 is 11.7 Å². The van der Waals surface area contributed by atoms with E-state index in [-0.39, 0.29) is 18.1 Å². The van der Waals surface area contributed by atoms with E-state index < -0.39 is 0 Å². The molecule has 0 fully saturated rings. The first-order chi connectivity index (χ1) is 9.02. The minimum atomic E-state index is -0.189. The number of ketones is 1. The summed E-state index contributed by atoms with van der Waals surface area (Å²) in [6.07, 6.45) is -0.0565. The highest BCUT2D eigenvalue weighted by Gasteiger charge is 2.10. The van der Waals surface area contributed by atoms with Crippen LogP contribution in [0.15, 0.2) is 24.3 Å². The summed E-state index contributed by atoms with van der Waals surface area (Å²) >= 11 is 0. The van der Waals surface area contributed by atoms with Crippen molar-refractivity contribution in [3.63, 3.8) is 0 Å². The first-order valence-electron chi connectivity index (χ1n) is 6.03. The fourth-order valence-electron chi connectivity index (χ4n) is 1.44. The van der Waals surface area contributed by atoms with Gasteiger partial charge in [0.15, 0.2) is 0 Å². The number of Topliss-reactive ketones (excluding diaryl/α,β-unsaturated/α-hetero) is 1. The number of benzene rings is 1. The molecular weight excluding hydrogens is 246 g/mol. The Kier molecular flexibility index (Phi) is 5.85. The van der Waals surface area contributed by atoms with E-state index in [1.165, 1.54) is 11.8 Å². The van der Waals surface area contributed by atoms with Gasteiger partial charge in [-0.15, -0.1) is 0 Å². The molecule has 5 heteroatoms. The SMILES string of the molecule is COc1ccc(OCCN(C)C(=O)CC(C)=O)cc1. The molecule has 0 spiro atoms. The third-order valence-corrected chi connectivity index (χ3v) is 2.58. The van der Waals surface area contributed by atoms with E-state index in [9.17, 15) is 9.59 Å². The lowest BCUT2D eigenvalue weighted by Crippen LogP contribution is -2.31. The van der Waals surface area contributed by atoms with Crippen molar-refractivity contribution in [1.29, 1.82) is 0 Å². The van der Waals surface area contributed by atoms with Gasteiger partial charge in [-0.3, -0.25) is 9.59 Å². The summed E-state index contributed by atoms with van der Waals surface area (Å²) < 4.78 is 10.5. The molecule has 104 valence electrons. The van der Waals surface area contributed by atoms with E-state index in [2.05, 4.69) is 0 Å². The van der Waals surface area contributed by atoms with Crippen molar-refractivity contribution in [2.24, 2.45) is 0 Å². The maximum Gasteiger partial charge on any atom is 0.229 e. The fraction of sp³-hybridized carbons (Fsp3) is 0.429. The Morgan fingerprint density at radius 3 is 2.26 bits per heavy atom. The van der Waals surface area contributed by atoms with Crippen LogP contribution in [0.4, 0.5) is 0 Å². The van der Waals surface area contributed by atoms with Crippen molar-refractivity contribution in [2.75, 3.05) is 27.3 Å². The smallest absolute Gasteiger partial charge is 0.229 e. The molecule has 1 aromatic carbocycles. The highest BCUT2D eigenvalue weighted by atomic mass is 16.5. The molecular formula is C14H19NO4. The summed E-state index contributed by atoms with van der Waals surface area (Å²) in [6.45, 7) is 2.23. The maximum absolute atomic E-state index is 11.5. The van der Waals surface area contributed by atoms with Crippen LogP contribution in [0, 0.1) is 0 Å². The molecule has 5 nitrogen and oxygen atoms in total. The number of methoxy groups -OCH3 is 1. The molecule has 0 atom stereocenters. The quantitative estimate of drug-likeness (QED) is 0.701. The first kappa shape index (κ1) is 15.0. The van der Waals surface area contributed by atoms with Gasteiger partial charge in [-0.25, -0.2) is 0 Å². The highest BCUT2D eigenvalue weighted by Crippen LogP contribution is 2.16. The third-order valence-electron chi connectivity index (χ3n) is 2.58. The van der Waals surface area contributed by atoms with Crippen LogP contribution in [0.5, 0.6) is 11.5 Å². The molecule has 0 saturated carbocycles. The normalized spacial score (nSPS) is 9.84. The number of hydrogen-bond donors (Lipinski definition) is 0. The molecule has 0 aromatic heterocycles. The monoisotopic (exact) mass is 265 g/mol. The Morgan fingerprint density at radius 1 is 1.16 bits per heavy atom. The zero-order valence-electron chi connectivity index (χ0n) is 11.5. The van der Waals surface area contributed by atoms with E-state index in [0.717, 1.165) is 5.75 Å². The summed E-state index contributed by atoms with van der Waals surface area (Å²) in [6, 6.07) is 7.21. The summed E-state index contributed by atoms with van der Waals surface area (Å²) in [5, 5.41) is 0.